The van der Waals surface area contributed by atoms with Crippen LogP contribution in [0.2, 0.25) is 0 Å². The van der Waals surface area contributed by atoms with Crippen LogP contribution in [0, 0.1) is 0 Å². The second-order valence-electron chi connectivity index (χ2n) is 7.56. The van der Waals surface area contributed by atoms with E-state index in [9.17, 15) is 18.7 Å². The van der Waals surface area contributed by atoms with Gasteiger partial charge < -0.3 is 19.5 Å². The van der Waals surface area contributed by atoms with Crippen LogP contribution in [0.15, 0.2) is 30.5 Å². The monoisotopic (exact) mass is 391 g/mol. The van der Waals surface area contributed by atoms with Crippen molar-refractivity contribution in [2.24, 2.45) is 0 Å². The molecule has 2 aromatic rings. The predicted octanol–water partition coefficient (Wildman–Crippen LogP) is 2.66. The maximum atomic E-state index is 12.9. The highest BCUT2D eigenvalue weighted by molar-refractivity contribution is 5.93. The molecule has 9 heteroatoms. The second kappa shape index (κ2) is 6.16. The quantitative estimate of drug-likeness (QED) is 0.871. The highest BCUT2D eigenvalue weighted by atomic mass is 19.3. The number of fused-ring (bicyclic) bond motifs is 3. The van der Waals surface area contributed by atoms with Gasteiger partial charge in [0.05, 0.1) is 5.60 Å². The van der Waals surface area contributed by atoms with Gasteiger partial charge in [0, 0.05) is 31.1 Å². The Kier molecular flexibility index (Phi) is 3.84. The van der Waals surface area contributed by atoms with Crippen LogP contribution < -0.4 is 9.47 Å². The van der Waals surface area contributed by atoms with Gasteiger partial charge in [-0.1, -0.05) is 6.07 Å². The molecule has 1 N–H and O–H groups in total. The lowest BCUT2D eigenvalue weighted by molar-refractivity contribution is -0.0481. The fraction of sp³-hybridized carbons (Fsp3) is 0.474. The van der Waals surface area contributed by atoms with Gasteiger partial charge in [0.25, 0.3) is 5.91 Å². The van der Waals surface area contributed by atoms with E-state index in [2.05, 4.69) is 5.10 Å². The summed E-state index contributed by atoms with van der Waals surface area (Å²) in [6.07, 6.45) is 3.39. The summed E-state index contributed by atoms with van der Waals surface area (Å²) in [5, 5.41) is 15.0. The average Bonchev–Trinajstić information content (AvgIpc) is 3.39. The first-order valence-electron chi connectivity index (χ1n) is 9.23. The van der Waals surface area contributed by atoms with Crippen LogP contribution in [0.5, 0.6) is 11.5 Å². The number of alkyl halides is 2. The second-order valence-corrected chi connectivity index (χ2v) is 7.56. The number of carbonyl (C=O) groups excluding carboxylic acids is 1. The number of hydrogen-bond acceptors (Lipinski definition) is 5. The molecule has 0 aliphatic carbocycles. The van der Waals surface area contributed by atoms with E-state index in [1.165, 1.54) is 6.07 Å². The van der Waals surface area contributed by atoms with E-state index >= 15 is 0 Å². The molecule has 3 aliphatic heterocycles. The molecular formula is C19H19F2N3O4. The molecule has 0 unspecified atom stereocenters. The Balaban J connectivity index is 1.39. The van der Waals surface area contributed by atoms with Gasteiger partial charge in [-0.2, -0.15) is 13.9 Å². The number of aliphatic hydroxyl groups is 1. The number of benzene rings is 1. The van der Waals surface area contributed by atoms with Gasteiger partial charge in [-0.3, -0.25) is 4.79 Å². The number of hydrogen-bond donors (Lipinski definition) is 1. The smallest absolute Gasteiger partial charge is 0.333 e. The van der Waals surface area contributed by atoms with Crippen molar-refractivity contribution in [1.82, 2.24) is 14.7 Å². The van der Waals surface area contributed by atoms with Crippen molar-refractivity contribution < 1.29 is 28.2 Å². The molecule has 7 nitrogen and oxygen atoms in total. The van der Waals surface area contributed by atoms with E-state index in [-0.39, 0.29) is 30.5 Å². The van der Waals surface area contributed by atoms with Crippen molar-refractivity contribution >= 4 is 5.91 Å². The number of rotatable bonds is 3. The minimum atomic E-state index is -2.78. The van der Waals surface area contributed by atoms with Gasteiger partial charge in [0.15, 0.2) is 17.2 Å². The number of aromatic nitrogens is 2. The lowest BCUT2D eigenvalue weighted by Crippen LogP contribution is -2.52. The lowest BCUT2D eigenvalue weighted by Gasteiger charge is -2.44. The number of nitrogens with zero attached hydrogens (tertiary/aromatic N) is 3. The Morgan fingerprint density at radius 2 is 1.89 bits per heavy atom. The van der Waals surface area contributed by atoms with Crippen LogP contribution in [-0.4, -0.2) is 44.6 Å². The van der Waals surface area contributed by atoms with Crippen LogP contribution in [0.3, 0.4) is 0 Å². The fourth-order valence-corrected chi connectivity index (χ4v) is 4.67. The summed E-state index contributed by atoms with van der Waals surface area (Å²) in [4.78, 5) is 14.6. The Morgan fingerprint density at radius 3 is 2.57 bits per heavy atom. The van der Waals surface area contributed by atoms with E-state index in [0.717, 1.165) is 24.6 Å². The Labute approximate surface area is 159 Å². The van der Waals surface area contributed by atoms with Crippen LogP contribution in [-0.2, 0) is 5.60 Å². The maximum Gasteiger partial charge on any atom is 0.333 e. The zero-order valence-electron chi connectivity index (χ0n) is 14.9. The Bertz CT molecular complexity index is 918. The molecule has 2 bridgehead atoms. The topological polar surface area (TPSA) is 76.8 Å². The lowest BCUT2D eigenvalue weighted by atomic mass is 9.80. The van der Waals surface area contributed by atoms with E-state index in [4.69, 9.17) is 9.47 Å². The molecule has 148 valence electrons. The molecule has 4 heterocycles. The Morgan fingerprint density at radius 1 is 1.18 bits per heavy atom. The largest absolute Gasteiger partial charge is 0.454 e. The molecule has 2 atom stereocenters. The van der Waals surface area contributed by atoms with Crippen LogP contribution in [0.25, 0.3) is 0 Å². The summed E-state index contributed by atoms with van der Waals surface area (Å²) in [6.45, 7) is -2.62. The first-order valence-corrected chi connectivity index (χ1v) is 9.23. The zero-order chi connectivity index (χ0) is 19.5. The molecule has 1 amide bonds. The predicted molar refractivity (Wildman–Crippen MR) is 92.2 cm³/mol. The fourth-order valence-electron chi connectivity index (χ4n) is 4.67. The molecule has 0 radical (unpaired) electrons. The number of carbonyl (C=O) groups is 1. The van der Waals surface area contributed by atoms with Gasteiger partial charge >= 0.3 is 6.55 Å². The SMILES string of the molecule is O=C(c1ccn(C(F)F)n1)N1[C@H]2CC[C@H]1CC(O)(c1ccc3c(c1)OCO3)C2. The third-order valence-corrected chi connectivity index (χ3v) is 5.94. The van der Waals surface area contributed by atoms with E-state index < -0.39 is 12.2 Å². The first kappa shape index (κ1) is 17.4. The van der Waals surface area contributed by atoms with Crippen LogP contribution in [0.4, 0.5) is 8.78 Å². The van der Waals surface area contributed by atoms with Crippen molar-refractivity contribution in [3.8, 4) is 11.5 Å². The van der Waals surface area contributed by atoms with Crippen LogP contribution >= 0.6 is 0 Å². The van der Waals surface area contributed by atoms with E-state index in [1.807, 2.05) is 6.07 Å². The molecule has 0 spiro atoms. The average molecular weight is 391 g/mol. The van der Waals surface area contributed by atoms with Gasteiger partial charge in [0.1, 0.15) is 0 Å². The minimum Gasteiger partial charge on any atom is -0.454 e. The zero-order valence-corrected chi connectivity index (χ0v) is 14.9. The van der Waals surface area contributed by atoms with Gasteiger partial charge in [-0.15, -0.1) is 0 Å². The molecular weight excluding hydrogens is 372 g/mol. The summed E-state index contributed by atoms with van der Waals surface area (Å²) in [7, 11) is 0. The standard InChI is InChI=1S/C19H19F2N3O4/c20-18(21)23-6-5-14(22-23)17(25)24-12-2-3-13(24)9-19(26,8-12)11-1-4-15-16(7-11)28-10-27-15/h1,4-7,12-13,18,26H,2-3,8-10H2/t12-,13-/m0/s1. The number of amides is 1. The molecule has 1 aromatic carbocycles. The van der Waals surface area contributed by atoms with E-state index in [0.29, 0.717) is 29.0 Å². The van der Waals surface area contributed by atoms with Crippen molar-refractivity contribution in [2.75, 3.05) is 6.79 Å². The first-order chi connectivity index (χ1) is 13.4. The summed E-state index contributed by atoms with van der Waals surface area (Å²) in [5.41, 5.74) is -0.334. The molecule has 2 saturated heterocycles. The third-order valence-electron chi connectivity index (χ3n) is 5.94. The minimum absolute atomic E-state index is 0.00530. The normalized spacial score (nSPS) is 28.2. The van der Waals surface area contributed by atoms with Gasteiger partial charge in [-0.05, 0) is 36.6 Å². The van der Waals surface area contributed by atoms with Gasteiger partial charge in [-0.25, -0.2) is 4.68 Å². The number of piperidine rings is 1. The van der Waals surface area contributed by atoms with Crippen molar-refractivity contribution in [1.29, 1.82) is 0 Å². The highest BCUT2D eigenvalue weighted by Crippen LogP contribution is 2.47. The summed E-state index contributed by atoms with van der Waals surface area (Å²) < 4.78 is 36.7. The summed E-state index contributed by atoms with van der Waals surface area (Å²) in [5.74, 6) is 0.895. The molecule has 28 heavy (non-hydrogen) atoms. The molecule has 2 fully saturated rings. The number of ether oxygens (including phenoxy) is 2. The van der Waals surface area contributed by atoms with Gasteiger partial charge in [0.2, 0.25) is 6.79 Å². The molecule has 1 aromatic heterocycles. The van der Waals surface area contributed by atoms with E-state index in [1.54, 1.807) is 17.0 Å². The third kappa shape index (κ3) is 2.64. The number of halogens is 2. The van der Waals surface area contributed by atoms with Crippen molar-refractivity contribution in [3.05, 3.63) is 41.7 Å². The molecule has 0 saturated carbocycles. The molecule has 3 aliphatic rings. The molecule has 5 rings (SSSR count). The van der Waals surface area contributed by atoms with Crippen molar-refractivity contribution in [3.63, 3.8) is 0 Å². The van der Waals surface area contributed by atoms with Crippen molar-refractivity contribution in [2.45, 2.75) is 49.9 Å². The Hall–Kier alpha value is -2.68. The maximum absolute atomic E-state index is 12.9. The highest BCUT2D eigenvalue weighted by Gasteiger charge is 2.50. The summed E-state index contributed by atoms with van der Waals surface area (Å²) >= 11 is 0. The summed E-state index contributed by atoms with van der Waals surface area (Å²) in [6, 6.07) is 6.38. The van der Waals surface area contributed by atoms with Crippen LogP contribution in [0.1, 0.15) is 48.3 Å².